The fourth-order valence-electron chi connectivity index (χ4n) is 2.56. The molecule has 2 heterocycles. The van der Waals surface area contributed by atoms with Crippen LogP contribution in [-0.2, 0) is 6.54 Å². The van der Waals surface area contributed by atoms with Crippen molar-refractivity contribution in [3.05, 3.63) is 23.8 Å². The second kappa shape index (κ2) is 4.52. The average Bonchev–Trinajstić information content (AvgIpc) is 2.97. The number of carboxylic acid groups (broad SMARTS) is 1. The fraction of sp³-hybridized carbons (Fsp3) is 0.462. The van der Waals surface area contributed by atoms with Gasteiger partial charge in [-0.2, -0.15) is 11.8 Å². The molecule has 5 nitrogen and oxygen atoms in total. The molecule has 100 valence electrons. The number of carbonyl (C=O) groups is 1. The van der Waals surface area contributed by atoms with Crippen LogP contribution in [0.15, 0.2) is 18.2 Å². The van der Waals surface area contributed by atoms with Gasteiger partial charge in [0.25, 0.3) is 0 Å². The van der Waals surface area contributed by atoms with Gasteiger partial charge in [0.1, 0.15) is 5.52 Å². The highest BCUT2D eigenvalue weighted by Crippen LogP contribution is 2.39. The summed E-state index contributed by atoms with van der Waals surface area (Å²) in [5.74, 6) is 0.225. The van der Waals surface area contributed by atoms with E-state index in [0.29, 0.717) is 5.52 Å². The standard InChI is InChI=1S/C13H15N3O2S/c1-13(6-3-7-19-13)8-16-10-5-2-4-9(12(17)18)11(10)14-15-16/h2,4-5H,3,6-8H2,1H3,(H,17,18). The molecule has 1 N–H and O–H groups in total. The lowest BCUT2D eigenvalue weighted by Gasteiger charge is -2.22. The van der Waals surface area contributed by atoms with Crippen molar-refractivity contribution in [2.24, 2.45) is 0 Å². The minimum atomic E-state index is -0.959. The van der Waals surface area contributed by atoms with E-state index in [2.05, 4.69) is 17.2 Å². The van der Waals surface area contributed by atoms with Crippen molar-refractivity contribution in [3.8, 4) is 0 Å². The minimum Gasteiger partial charge on any atom is -0.478 e. The smallest absolute Gasteiger partial charge is 0.338 e. The highest BCUT2D eigenvalue weighted by molar-refractivity contribution is 8.00. The van der Waals surface area contributed by atoms with Gasteiger partial charge in [0, 0.05) is 4.75 Å². The van der Waals surface area contributed by atoms with Crippen molar-refractivity contribution in [3.63, 3.8) is 0 Å². The number of benzene rings is 1. The molecule has 1 aromatic heterocycles. The molecule has 1 saturated heterocycles. The largest absolute Gasteiger partial charge is 0.478 e. The van der Waals surface area contributed by atoms with Crippen LogP contribution >= 0.6 is 11.8 Å². The monoisotopic (exact) mass is 277 g/mol. The van der Waals surface area contributed by atoms with Crippen LogP contribution in [0, 0.1) is 0 Å². The van der Waals surface area contributed by atoms with Crippen molar-refractivity contribution >= 4 is 28.8 Å². The summed E-state index contributed by atoms with van der Waals surface area (Å²) in [4.78, 5) is 11.2. The van der Waals surface area contributed by atoms with E-state index in [1.807, 2.05) is 22.5 Å². The van der Waals surface area contributed by atoms with Gasteiger partial charge in [0.05, 0.1) is 17.6 Å². The molecule has 19 heavy (non-hydrogen) atoms. The third-order valence-corrected chi connectivity index (χ3v) is 5.08. The van der Waals surface area contributed by atoms with Crippen LogP contribution in [0.25, 0.3) is 11.0 Å². The molecule has 0 saturated carbocycles. The number of aromatic nitrogens is 3. The van der Waals surface area contributed by atoms with Crippen LogP contribution in [0.1, 0.15) is 30.1 Å². The summed E-state index contributed by atoms with van der Waals surface area (Å²) in [5, 5.41) is 17.3. The summed E-state index contributed by atoms with van der Waals surface area (Å²) in [6, 6.07) is 5.19. The molecule has 1 unspecified atom stereocenters. The Kier molecular flexibility index (Phi) is 2.97. The molecular formula is C13H15N3O2S. The zero-order valence-corrected chi connectivity index (χ0v) is 11.5. The maximum atomic E-state index is 11.2. The van der Waals surface area contributed by atoms with Crippen LogP contribution in [0.2, 0.25) is 0 Å². The molecule has 0 radical (unpaired) electrons. The molecule has 6 heteroatoms. The van der Waals surface area contributed by atoms with Crippen LogP contribution in [-0.4, -0.2) is 36.6 Å². The lowest BCUT2D eigenvalue weighted by molar-refractivity contribution is 0.0699. The number of thioether (sulfide) groups is 1. The molecule has 1 aromatic carbocycles. The Morgan fingerprint density at radius 3 is 3.11 bits per heavy atom. The maximum absolute atomic E-state index is 11.2. The van der Waals surface area contributed by atoms with Gasteiger partial charge in [0.15, 0.2) is 0 Å². The number of hydrogen-bond donors (Lipinski definition) is 1. The molecule has 3 rings (SSSR count). The van der Waals surface area contributed by atoms with Gasteiger partial charge in [0.2, 0.25) is 0 Å². The lowest BCUT2D eigenvalue weighted by atomic mass is 10.1. The number of aromatic carboxylic acids is 1. The molecule has 0 bridgehead atoms. The van der Waals surface area contributed by atoms with Gasteiger partial charge in [-0.1, -0.05) is 11.3 Å². The Bertz CT molecular complexity index is 632. The Labute approximate surface area is 115 Å². The number of nitrogens with zero attached hydrogens (tertiary/aromatic N) is 3. The van der Waals surface area contributed by atoms with Gasteiger partial charge >= 0.3 is 5.97 Å². The second-order valence-electron chi connectivity index (χ2n) is 5.13. The first kappa shape index (κ1) is 12.5. The zero-order chi connectivity index (χ0) is 13.5. The molecule has 1 atom stereocenters. The highest BCUT2D eigenvalue weighted by Gasteiger charge is 2.31. The average molecular weight is 277 g/mol. The predicted molar refractivity (Wildman–Crippen MR) is 74.6 cm³/mol. The third-order valence-electron chi connectivity index (χ3n) is 3.56. The normalized spacial score (nSPS) is 23.0. The highest BCUT2D eigenvalue weighted by atomic mass is 32.2. The summed E-state index contributed by atoms with van der Waals surface area (Å²) < 4.78 is 2.01. The van der Waals surface area contributed by atoms with E-state index >= 15 is 0 Å². The predicted octanol–water partition coefficient (Wildman–Crippen LogP) is 2.42. The molecule has 1 aliphatic heterocycles. The van der Waals surface area contributed by atoms with Gasteiger partial charge in [-0.25, -0.2) is 9.48 Å². The van der Waals surface area contributed by atoms with Gasteiger partial charge in [-0.15, -0.1) is 5.10 Å². The summed E-state index contributed by atoms with van der Waals surface area (Å²) in [5.41, 5.74) is 1.49. The van der Waals surface area contributed by atoms with Gasteiger partial charge in [-0.05, 0) is 37.7 Å². The van der Waals surface area contributed by atoms with E-state index in [-0.39, 0.29) is 10.3 Å². The van der Waals surface area contributed by atoms with Crippen molar-refractivity contribution in [1.82, 2.24) is 15.0 Å². The first-order valence-electron chi connectivity index (χ1n) is 6.29. The molecule has 0 spiro atoms. The molecule has 1 aliphatic rings. The summed E-state index contributed by atoms with van der Waals surface area (Å²) in [6.07, 6.45) is 2.39. The van der Waals surface area contributed by atoms with Crippen LogP contribution in [0.4, 0.5) is 0 Å². The Morgan fingerprint density at radius 1 is 1.58 bits per heavy atom. The first-order chi connectivity index (χ1) is 9.09. The zero-order valence-electron chi connectivity index (χ0n) is 10.7. The number of carboxylic acids is 1. The number of rotatable bonds is 3. The van der Waals surface area contributed by atoms with E-state index in [0.717, 1.165) is 18.5 Å². The fourth-order valence-corrected chi connectivity index (χ4v) is 3.84. The minimum absolute atomic E-state index is 0.180. The topological polar surface area (TPSA) is 68.0 Å². The quantitative estimate of drug-likeness (QED) is 0.933. The molecular weight excluding hydrogens is 262 g/mol. The third kappa shape index (κ3) is 2.20. The Morgan fingerprint density at radius 2 is 2.42 bits per heavy atom. The van der Waals surface area contributed by atoms with E-state index in [4.69, 9.17) is 5.11 Å². The van der Waals surface area contributed by atoms with E-state index in [1.54, 1.807) is 12.1 Å². The Balaban J connectivity index is 2.01. The van der Waals surface area contributed by atoms with Gasteiger partial charge < -0.3 is 5.11 Å². The molecule has 0 amide bonds. The van der Waals surface area contributed by atoms with Crippen LogP contribution in [0.3, 0.4) is 0 Å². The maximum Gasteiger partial charge on any atom is 0.338 e. The van der Waals surface area contributed by atoms with Crippen LogP contribution < -0.4 is 0 Å². The molecule has 0 aliphatic carbocycles. The molecule has 1 fully saturated rings. The second-order valence-corrected chi connectivity index (χ2v) is 6.81. The van der Waals surface area contributed by atoms with Gasteiger partial charge in [-0.3, -0.25) is 0 Å². The summed E-state index contributed by atoms with van der Waals surface area (Å²) >= 11 is 1.96. The SMILES string of the molecule is CC1(Cn2nnc3c(C(=O)O)cccc32)CCCS1. The van der Waals surface area contributed by atoms with Crippen molar-refractivity contribution < 1.29 is 9.90 Å². The van der Waals surface area contributed by atoms with E-state index < -0.39 is 5.97 Å². The lowest BCUT2D eigenvalue weighted by Crippen LogP contribution is -2.24. The first-order valence-corrected chi connectivity index (χ1v) is 7.27. The number of hydrogen-bond acceptors (Lipinski definition) is 4. The Hall–Kier alpha value is -1.56. The number of fused-ring (bicyclic) bond motifs is 1. The van der Waals surface area contributed by atoms with Crippen molar-refractivity contribution in [2.45, 2.75) is 31.1 Å². The van der Waals surface area contributed by atoms with E-state index in [1.165, 1.54) is 12.2 Å². The molecule has 2 aromatic rings. The summed E-state index contributed by atoms with van der Waals surface area (Å²) in [6.45, 7) is 3.01. The van der Waals surface area contributed by atoms with Crippen molar-refractivity contribution in [1.29, 1.82) is 0 Å². The van der Waals surface area contributed by atoms with Crippen molar-refractivity contribution in [2.75, 3.05) is 5.75 Å². The van der Waals surface area contributed by atoms with E-state index in [9.17, 15) is 4.79 Å². The summed E-state index contributed by atoms with van der Waals surface area (Å²) in [7, 11) is 0. The van der Waals surface area contributed by atoms with Crippen LogP contribution in [0.5, 0.6) is 0 Å².